The Hall–Kier alpha value is -4.24. The van der Waals surface area contributed by atoms with Crippen molar-refractivity contribution in [3.63, 3.8) is 0 Å². The van der Waals surface area contributed by atoms with Crippen LogP contribution in [0.4, 0.5) is 5.69 Å². The minimum absolute atomic E-state index is 0.0568. The molecule has 3 aromatic rings. The van der Waals surface area contributed by atoms with E-state index in [4.69, 9.17) is 5.26 Å². The number of aromatic nitrogens is 1. The number of nitrogens with zero attached hydrogens (tertiary/aromatic N) is 3. The van der Waals surface area contributed by atoms with Gasteiger partial charge in [-0.2, -0.15) is 5.26 Å². The summed E-state index contributed by atoms with van der Waals surface area (Å²) in [6.07, 6.45) is 0. The molecule has 0 aliphatic carbocycles. The first-order valence-corrected chi connectivity index (χ1v) is 10.3. The summed E-state index contributed by atoms with van der Waals surface area (Å²) in [5.74, 6) is -1.20. The van der Waals surface area contributed by atoms with Crippen molar-refractivity contribution < 1.29 is 14.7 Å². The number of rotatable bonds is 5. The fourth-order valence-corrected chi connectivity index (χ4v) is 4.04. The molecule has 0 atom stereocenters. The predicted molar refractivity (Wildman–Crippen MR) is 122 cm³/mol. The van der Waals surface area contributed by atoms with E-state index in [1.54, 1.807) is 29.2 Å². The monoisotopic (exact) mass is 423 g/mol. The zero-order valence-corrected chi connectivity index (χ0v) is 17.7. The second-order valence-corrected chi connectivity index (χ2v) is 7.86. The summed E-state index contributed by atoms with van der Waals surface area (Å²) in [5.41, 5.74) is 5.02. The van der Waals surface area contributed by atoms with Crippen molar-refractivity contribution in [2.75, 3.05) is 4.90 Å². The third-order valence-corrected chi connectivity index (χ3v) is 5.44. The van der Waals surface area contributed by atoms with Gasteiger partial charge >= 0.3 is 5.97 Å². The maximum absolute atomic E-state index is 13.7. The van der Waals surface area contributed by atoms with Gasteiger partial charge in [0, 0.05) is 5.56 Å². The molecule has 4 rings (SSSR count). The summed E-state index contributed by atoms with van der Waals surface area (Å²) >= 11 is 0. The standard InChI is InChI=1S/C26H21N3O3/c1-16(2)23(18-12-10-17(14-27)11-13-18)24-20-7-3-4-9-22(20)29(25(24)30)15-19-6-5-8-21(28-19)26(31)32/h3-13,16H,15H2,1-2H3,(H,31,32)/b24-23+. The van der Waals surface area contributed by atoms with Crippen LogP contribution in [0.1, 0.15) is 46.7 Å². The number of allylic oxidation sites excluding steroid dienone is 1. The SMILES string of the molecule is CC(C)/C(=C1\C(=O)N(Cc2cccc(C(=O)O)n2)c2ccccc21)c1ccc(C#N)cc1. The lowest BCUT2D eigenvalue weighted by Crippen LogP contribution is -2.27. The molecule has 0 spiro atoms. The Bertz CT molecular complexity index is 1280. The highest BCUT2D eigenvalue weighted by atomic mass is 16.4. The van der Waals surface area contributed by atoms with Gasteiger partial charge in [-0.15, -0.1) is 0 Å². The third kappa shape index (κ3) is 3.77. The molecule has 1 aliphatic rings. The molecule has 1 amide bonds. The first kappa shape index (κ1) is 21.0. The molecule has 6 heteroatoms. The summed E-state index contributed by atoms with van der Waals surface area (Å²) in [4.78, 5) is 30.8. The molecule has 32 heavy (non-hydrogen) atoms. The number of carboxylic acid groups (broad SMARTS) is 1. The lowest BCUT2D eigenvalue weighted by molar-refractivity contribution is -0.113. The van der Waals surface area contributed by atoms with Gasteiger partial charge in [0.05, 0.1) is 35.1 Å². The highest BCUT2D eigenvalue weighted by Gasteiger charge is 2.35. The molecule has 0 saturated carbocycles. The van der Waals surface area contributed by atoms with Gasteiger partial charge in [-0.1, -0.05) is 50.2 Å². The Balaban J connectivity index is 1.83. The fraction of sp³-hybridized carbons (Fsp3) is 0.154. The highest BCUT2D eigenvalue weighted by molar-refractivity contribution is 6.37. The van der Waals surface area contributed by atoms with Gasteiger partial charge in [-0.3, -0.25) is 4.79 Å². The number of anilines is 1. The number of carboxylic acids is 1. The van der Waals surface area contributed by atoms with E-state index in [0.717, 1.165) is 22.4 Å². The number of fused-ring (bicyclic) bond motifs is 1. The first-order valence-electron chi connectivity index (χ1n) is 10.3. The molecule has 0 bridgehead atoms. The van der Waals surface area contributed by atoms with E-state index in [2.05, 4.69) is 11.1 Å². The molecule has 0 radical (unpaired) electrons. The summed E-state index contributed by atoms with van der Waals surface area (Å²) in [6.45, 7) is 4.24. The normalized spacial score (nSPS) is 14.3. The van der Waals surface area contributed by atoms with Crippen LogP contribution < -0.4 is 4.90 Å². The van der Waals surface area contributed by atoms with Crippen molar-refractivity contribution in [1.29, 1.82) is 5.26 Å². The molecule has 1 aliphatic heterocycles. The number of para-hydroxylation sites is 1. The van der Waals surface area contributed by atoms with Crippen LogP contribution in [0.2, 0.25) is 0 Å². The molecule has 6 nitrogen and oxygen atoms in total. The number of amides is 1. The van der Waals surface area contributed by atoms with E-state index in [1.807, 2.05) is 50.2 Å². The minimum atomic E-state index is -1.11. The zero-order valence-electron chi connectivity index (χ0n) is 17.7. The van der Waals surface area contributed by atoms with Crippen molar-refractivity contribution in [3.05, 3.63) is 94.8 Å². The van der Waals surface area contributed by atoms with Crippen LogP contribution in [0.5, 0.6) is 0 Å². The van der Waals surface area contributed by atoms with Crippen LogP contribution in [0, 0.1) is 17.2 Å². The van der Waals surface area contributed by atoms with Crippen molar-refractivity contribution in [2.24, 2.45) is 5.92 Å². The van der Waals surface area contributed by atoms with Crippen LogP contribution in [0.25, 0.3) is 11.1 Å². The average molecular weight is 423 g/mol. The molecule has 0 fully saturated rings. The average Bonchev–Trinajstić information content (AvgIpc) is 3.06. The van der Waals surface area contributed by atoms with Gasteiger partial charge in [0.2, 0.25) is 0 Å². The van der Waals surface area contributed by atoms with E-state index in [0.29, 0.717) is 16.8 Å². The quantitative estimate of drug-likeness (QED) is 0.597. The molecule has 0 saturated heterocycles. The van der Waals surface area contributed by atoms with Gasteiger partial charge in [0.25, 0.3) is 5.91 Å². The number of carbonyl (C=O) groups excluding carboxylic acids is 1. The molecule has 1 aromatic heterocycles. The molecular formula is C26H21N3O3. The Labute approximate surface area is 186 Å². The van der Waals surface area contributed by atoms with Crippen LogP contribution >= 0.6 is 0 Å². The van der Waals surface area contributed by atoms with E-state index in [9.17, 15) is 14.7 Å². The summed E-state index contributed by atoms with van der Waals surface area (Å²) in [5, 5.41) is 18.4. The van der Waals surface area contributed by atoms with Gasteiger partial charge < -0.3 is 10.0 Å². The number of aromatic carboxylic acids is 1. The number of hydrogen-bond acceptors (Lipinski definition) is 4. The number of benzene rings is 2. The van der Waals surface area contributed by atoms with E-state index in [-0.39, 0.29) is 24.1 Å². The molecule has 1 N–H and O–H groups in total. The summed E-state index contributed by atoms with van der Waals surface area (Å²) < 4.78 is 0. The molecule has 0 unspecified atom stereocenters. The topological polar surface area (TPSA) is 94.3 Å². The highest BCUT2D eigenvalue weighted by Crippen LogP contribution is 2.43. The Morgan fingerprint density at radius 2 is 1.78 bits per heavy atom. The first-order chi connectivity index (χ1) is 15.4. The summed E-state index contributed by atoms with van der Waals surface area (Å²) in [7, 11) is 0. The van der Waals surface area contributed by atoms with Crippen LogP contribution in [0.15, 0.2) is 66.7 Å². The van der Waals surface area contributed by atoms with Crippen LogP contribution in [-0.2, 0) is 11.3 Å². The van der Waals surface area contributed by atoms with Crippen LogP contribution in [0.3, 0.4) is 0 Å². The fourth-order valence-electron chi connectivity index (χ4n) is 4.04. The van der Waals surface area contributed by atoms with Gasteiger partial charge in [-0.25, -0.2) is 9.78 Å². The molecule has 2 heterocycles. The van der Waals surface area contributed by atoms with Gasteiger partial charge in [0.1, 0.15) is 5.69 Å². The molecular weight excluding hydrogens is 402 g/mol. The Morgan fingerprint density at radius 3 is 2.44 bits per heavy atom. The van der Waals surface area contributed by atoms with Crippen molar-refractivity contribution in [1.82, 2.24) is 4.98 Å². The minimum Gasteiger partial charge on any atom is -0.477 e. The van der Waals surface area contributed by atoms with E-state index in [1.165, 1.54) is 6.07 Å². The lowest BCUT2D eigenvalue weighted by Gasteiger charge is -2.18. The van der Waals surface area contributed by atoms with Crippen LogP contribution in [-0.4, -0.2) is 22.0 Å². The zero-order chi connectivity index (χ0) is 22.8. The smallest absolute Gasteiger partial charge is 0.354 e. The Morgan fingerprint density at radius 1 is 1.06 bits per heavy atom. The van der Waals surface area contributed by atoms with Gasteiger partial charge in [-0.05, 0) is 47.4 Å². The Kier molecular flexibility index (Phi) is 5.57. The second-order valence-electron chi connectivity index (χ2n) is 7.86. The molecule has 158 valence electrons. The van der Waals surface area contributed by atoms with E-state index >= 15 is 0 Å². The number of carbonyl (C=O) groups is 2. The second kappa shape index (κ2) is 8.48. The number of pyridine rings is 1. The third-order valence-electron chi connectivity index (χ3n) is 5.44. The maximum atomic E-state index is 13.7. The van der Waals surface area contributed by atoms with Gasteiger partial charge in [0.15, 0.2) is 0 Å². The number of hydrogen-bond donors (Lipinski definition) is 1. The lowest BCUT2D eigenvalue weighted by atomic mass is 9.87. The van der Waals surface area contributed by atoms with Crippen molar-refractivity contribution >= 4 is 28.7 Å². The van der Waals surface area contributed by atoms with E-state index < -0.39 is 5.97 Å². The molecule has 2 aromatic carbocycles. The summed E-state index contributed by atoms with van der Waals surface area (Å²) in [6, 6.07) is 21.7. The van der Waals surface area contributed by atoms with Crippen molar-refractivity contribution in [2.45, 2.75) is 20.4 Å². The predicted octanol–water partition coefficient (Wildman–Crippen LogP) is 4.77. The number of nitriles is 1. The maximum Gasteiger partial charge on any atom is 0.354 e. The van der Waals surface area contributed by atoms with Crippen molar-refractivity contribution in [3.8, 4) is 6.07 Å². The largest absolute Gasteiger partial charge is 0.477 e.